The molecule has 0 saturated carbocycles. The first-order valence-electron chi connectivity index (χ1n) is 6.52. The molecular weight excluding hydrogens is 262 g/mol. The highest BCUT2D eigenvalue weighted by molar-refractivity contribution is 6.34. The van der Waals surface area contributed by atoms with Crippen LogP contribution in [0.1, 0.15) is 37.2 Å². The van der Waals surface area contributed by atoms with Crippen molar-refractivity contribution in [1.29, 1.82) is 0 Å². The normalized spacial score (nSPS) is 11.4. The van der Waals surface area contributed by atoms with Crippen molar-refractivity contribution in [1.82, 2.24) is 5.32 Å². The van der Waals surface area contributed by atoms with E-state index in [1.165, 1.54) is 0 Å². The summed E-state index contributed by atoms with van der Waals surface area (Å²) in [4.78, 5) is 12.0. The van der Waals surface area contributed by atoms with E-state index in [-0.39, 0.29) is 5.78 Å². The molecule has 1 aromatic heterocycles. The number of para-hydroxylation sites is 1. The number of nitrogens with one attached hydrogen (secondary N) is 1. The number of ketones is 1. The molecule has 1 N–H and O–H groups in total. The highest BCUT2D eigenvalue weighted by Gasteiger charge is 2.13. The molecule has 0 fully saturated rings. The Morgan fingerprint density at radius 3 is 2.89 bits per heavy atom. The van der Waals surface area contributed by atoms with E-state index in [9.17, 15) is 4.79 Å². The summed E-state index contributed by atoms with van der Waals surface area (Å²) < 4.78 is 5.54. The van der Waals surface area contributed by atoms with Crippen LogP contribution < -0.4 is 5.32 Å². The third-order valence-corrected chi connectivity index (χ3v) is 3.20. The second-order valence-electron chi connectivity index (χ2n) is 4.90. The lowest BCUT2D eigenvalue weighted by atomic mass is 10.1. The summed E-state index contributed by atoms with van der Waals surface area (Å²) in [6, 6.07) is 7.70. The number of carbonyl (C=O) groups excluding carboxylic acids is 1. The minimum Gasteiger partial charge on any atom is -0.451 e. The minimum atomic E-state index is 0.0258. The van der Waals surface area contributed by atoms with Crippen LogP contribution in [0.5, 0.6) is 0 Å². The van der Waals surface area contributed by atoms with Crippen molar-refractivity contribution in [3.63, 3.8) is 0 Å². The Balaban J connectivity index is 2.00. The van der Waals surface area contributed by atoms with Gasteiger partial charge in [-0.3, -0.25) is 4.79 Å². The van der Waals surface area contributed by atoms with Gasteiger partial charge in [-0.1, -0.05) is 37.6 Å². The van der Waals surface area contributed by atoms with Crippen molar-refractivity contribution in [2.24, 2.45) is 0 Å². The van der Waals surface area contributed by atoms with Gasteiger partial charge in [-0.15, -0.1) is 0 Å². The molecule has 0 bridgehead atoms. The Morgan fingerprint density at radius 1 is 1.42 bits per heavy atom. The van der Waals surface area contributed by atoms with E-state index >= 15 is 0 Å². The maximum absolute atomic E-state index is 12.0. The van der Waals surface area contributed by atoms with Crippen LogP contribution in [0.15, 0.2) is 28.7 Å². The van der Waals surface area contributed by atoms with Crippen molar-refractivity contribution in [3.8, 4) is 0 Å². The standard InChI is InChI=1S/C15H18ClNO2/c1-10(2)17-8-4-7-13(18)14-9-11-5-3-6-12(16)15(11)19-14/h3,5-6,9-10,17H,4,7-8H2,1-2H3. The molecule has 0 aliphatic rings. The SMILES string of the molecule is CC(C)NCCCC(=O)c1cc2cccc(Cl)c2o1. The van der Waals surface area contributed by atoms with E-state index < -0.39 is 0 Å². The summed E-state index contributed by atoms with van der Waals surface area (Å²) >= 11 is 6.02. The van der Waals surface area contributed by atoms with Crippen molar-refractivity contribution in [2.75, 3.05) is 6.54 Å². The van der Waals surface area contributed by atoms with Crippen LogP contribution in [0.2, 0.25) is 5.02 Å². The van der Waals surface area contributed by atoms with E-state index in [2.05, 4.69) is 19.2 Å². The number of rotatable bonds is 6. The zero-order valence-corrected chi connectivity index (χ0v) is 12.0. The summed E-state index contributed by atoms with van der Waals surface area (Å²) in [6.07, 6.45) is 1.29. The molecule has 0 spiro atoms. The maximum Gasteiger partial charge on any atom is 0.198 e. The molecule has 2 rings (SSSR count). The fraction of sp³-hybridized carbons (Fsp3) is 0.400. The van der Waals surface area contributed by atoms with Crippen molar-refractivity contribution in [2.45, 2.75) is 32.7 Å². The number of hydrogen-bond acceptors (Lipinski definition) is 3. The van der Waals surface area contributed by atoms with Crippen LogP contribution in [0.25, 0.3) is 11.0 Å². The largest absolute Gasteiger partial charge is 0.451 e. The van der Waals surface area contributed by atoms with Crippen LogP contribution >= 0.6 is 11.6 Å². The average molecular weight is 280 g/mol. The quantitative estimate of drug-likeness (QED) is 0.641. The molecule has 0 unspecified atom stereocenters. The number of fused-ring (bicyclic) bond motifs is 1. The van der Waals surface area contributed by atoms with Crippen LogP contribution in [0.3, 0.4) is 0 Å². The smallest absolute Gasteiger partial charge is 0.198 e. The third-order valence-electron chi connectivity index (χ3n) is 2.90. The summed E-state index contributed by atoms with van der Waals surface area (Å²) in [5, 5.41) is 4.70. The van der Waals surface area contributed by atoms with E-state index in [1.54, 1.807) is 12.1 Å². The Hall–Kier alpha value is -1.32. The molecule has 0 atom stereocenters. The molecule has 2 aromatic rings. The number of benzene rings is 1. The molecule has 0 radical (unpaired) electrons. The van der Waals surface area contributed by atoms with E-state index in [1.807, 2.05) is 12.1 Å². The molecule has 0 aliphatic carbocycles. The van der Waals surface area contributed by atoms with Gasteiger partial charge in [0.25, 0.3) is 0 Å². The van der Waals surface area contributed by atoms with Crippen LogP contribution in [-0.2, 0) is 0 Å². The number of Topliss-reactive ketones (excluding diaryl/α,β-unsaturated/α-hetero) is 1. The lowest BCUT2D eigenvalue weighted by Crippen LogP contribution is -2.24. The zero-order chi connectivity index (χ0) is 13.8. The molecule has 19 heavy (non-hydrogen) atoms. The van der Waals surface area contributed by atoms with Crippen molar-refractivity contribution in [3.05, 3.63) is 35.0 Å². The lowest BCUT2D eigenvalue weighted by molar-refractivity contribution is 0.0955. The first-order valence-corrected chi connectivity index (χ1v) is 6.90. The lowest BCUT2D eigenvalue weighted by Gasteiger charge is -2.06. The van der Waals surface area contributed by atoms with Crippen LogP contribution in [0, 0.1) is 0 Å². The predicted octanol–water partition coefficient (Wildman–Crippen LogP) is 4.05. The Labute approximate surface area is 117 Å². The Bertz CT molecular complexity index is 575. The molecule has 0 aliphatic heterocycles. The highest BCUT2D eigenvalue weighted by Crippen LogP contribution is 2.27. The monoisotopic (exact) mass is 279 g/mol. The van der Waals surface area contributed by atoms with Gasteiger partial charge < -0.3 is 9.73 Å². The fourth-order valence-electron chi connectivity index (χ4n) is 1.93. The fourth-order valence-corrected chi connectivity index (χ4v) is 2.15. The van der Waals surface area contributed by atoms with Gasteiger partial charge in [-0.2, -0.15) is 0 Å². The van der Waals surface area contributed by atoms with E-state index in [0.29, 0.717) is 28.8 Å². The highest BCUT2D eigenvalue weighted by atomic mass is 35.5. The second kappa shape index (κ2) is 6.22. The molecule has 0 saturated heterocycles. The van der Waals surface area contributed by atoms with Crippen molar-refractivity contribution >= 4 is 28.4 Å². The number of carbonyl (C=O) groups is 1. The average Bonchev–Trinajstić information content (AvgIpc) is 2.79. The second-order valence-corrected chi connectivity index (χ2v) is 5.31. The molecular formula is C15H18ClNO2. The van der Waals surface area contributed by atoms with Gasteiger partial charge in [0.15, 0.2) is 17.1 Å². The zero-order valence-electron chi connectivity index (χ0n) is 11.2. The van der Waals surface area contributed by atoms with Crippen molar-refractivity contribution < 1.29 is 9.21 Å². The molecule has 4 heteroatoms. The van der Waals surface area contributed by atoms with E-state index in [0.717, 1.165) is 18.4 Å². The maximum atomic E-state index is 12.0. The Kier molecular flexibility index (Phi) is 4.61. The first-order chi connectivity index (χ1) is 9.08. The molecule has 1 heterocycles. The molecule has 102 valence electrons. The molecule has 3 nitrogen and oxygen atoms in total. The number of hydrogen-bond donors (Lipinski definition) is 1. The van der Waals surface area contributed by atoms with Gasteiger partial charge >= 0.3 is 0 Å². The topological polar surface area (TPSA) is 42.2 Å². The van der Waals surface area contributed by atoms with Gasteiger partial charge in [0.1, 0.15) is 0 Å². The van der Waals surface area contributed by atoms with Gasteiger partial charge in [0.05, 0.1) is 5.02 Å². The summed E-state index contributed by atoms with van der Waals surface area (Å²) in [5.41, 5.74) is 0.591. The summed E-state index contributed by atoms with van der Waals surface area (Å²) in [5.74, 6) is 0.422. The van der Waals surface area contributed by atoms with Gasteiger partial charge in [0.2, 0.25) is 0 Å². The number of furan rings is 1. The number of halogens is 1. The van der Waals surface area contributed by atoms with Crippen LogP contribution in [-0.4, -0.2) is 18.4 Å². The summed E-state index contributed by atoms with van der Waals surface area (Å²) in [7, 11) is 0. The van der Waals surface area contributed by atoms with Gasteiger partial charge in [-0.05, 0) is 25.1 Å². The van der Waals surface area contributed by atoms with Gasteiger partial charge in [-0.25, -0.2) is 0 Å². The molecule has 0 amide bonds. The molecule has 1 aromatic carbocycles. The Morgan fingerprint density at radius 2 is 2.21 bits per heavy atom. The van der Waals surface area contributed by atoms with Gasteiger partial charge in [0, 0.05) is 17.8 Å². The first kappa shape index (κ1) is 14.1. The van der Waals surface area contributed by atoms with Crippen LogP contribution in [0.4, 0.5) is 0 Å². The summed E-state index contributed by atoms with van der Waals surface area (Å²) in [6.45, 7) is 5.01. The minimum absolute atomic E-state index is 0.0258. The van der Waals surface area contributed by atoms with E-state index in [4.69, 9.17) is 16.0 Å². The predicted molar refractivity (Wildman–Crippen MR) is 77.9 cm³/mol. The third kappa shape index (κ3) is 3.58.